The normalized spacial score (nSPS) is 11.0. The van der Waals surface area contributed by atoms with Gasteiger partial charge in [-0.25, -0.2) is 39.5 Å². The summed E-state index contributed by atoms with van der Waals surface area (Å²) in [6.07, 6.45) is 0. The first-order valence-electron chi connectivity index (χ1n) is 8.84. The lowest BCUT2D eigenvalue weighted by Crippen LogP contribution is -2.19. The predicted octanol–water partition coefficient (Wildman–Crippen LogP) is 5.98. The van der Waals surface area contributed by atoms with E-state index in [4.69, 9.17) is 0 Å². The summed E-state index contributed by atoms with van der Waals surface area (Å²) in [5, 5.41) is 2.08. The molecule has 0 saturated carbocycles. The van der Waals surface area contributed by atoms with Crippen molar-refractivity contribution in [2.45, 2.75) is 0 Å². The van der Waals surface area contributed by atoms with E-state index < -0.39 is 75.0 Å². The fourth-order valence-electron chi connectivity index (χ4n) is 2.88. The highest BCUT2D eigenvalue weighted by Crippen LogP contribution is 2.35. The van der Waals surface area contributed by atoms with Gasteiger partial charge in [-0.15, -0.1) is 0 Å². The second-order valence-corrected chi connectivity index (χ2v) is 6.85. The quantitative estimate of drug-likeness (QED) is 0.212. The van der Waals surface area contributed by atoms with Crippen LogP contribution >= 0.6 is 0 Å². The summed E-state index contributed by atoms with van der Waals surface area (Å²) in [4.78, 5) is 14.3. The van der Waals surface area contributed by atoms with E-state index in [1.165, 1.54) is 24.3 Å². The van der Waals surface area contributed by atoms with E-state index in [0.717, 1.165) is 0 Å². The average molecular weight is 478 g/mol. The molecule has 174 valence electrons. The van der Waals surface area contributed by atoms with Crippen molar-refractivity contribution in [3.8, 4) is 0 Å². The van der Waals surface area contributed by atoms with Gasteiger partial charge < -0.3 is 10.2 Å². The van der Waals surface area contributed by atoms with E-state index in [1.54, 1.807) is 19.0 Å². The van der Waals surface area contributed by atoms with Crippen molar-refractivity contribution < 1.29 is 44.3 Å². The third-order valence-corrected chi connectivity index (χ3v) is 4.58. The lowest BCUT2D eigenvalue weighted by molar-refractivity contribution is 0.102. The fraction of sp³-hybridized carbons (Fsp3) is 0.0952. The van der Waals surface area contributed by atoms with E-state index >= 15 is 0 Å². The first-order valence-corrected chi connectivity index (χ1v) is 8.84. The van der Waals surface area contributed by atoms with Gasteiger partial charge in [0.1, 0.15) is 5.56 Å². The van der Waals surface area contributed by atoms with Gasteiger partial charge in [-0.05, 0) is 24.3 Å². The van der Waals surface area contributed by atoms with Crippen LogP contribution in [0.3, 0.4) is 0 Å². The van der Waals surface area contributed by atoms with Crippen LogP contribution in [0, 0.1) is 52.4 Å². The minimum atomic E-state index is -2.63. The van der Waals surface area contributed by atoms with Crippen LogP contribution in [0.1, 0.15) is 15.9 Å². The molecular weight excluding hydrogens is 467 g/mol. The summed E-state index contributed by atoms with van der Waals surface area (Å²) >= 11 is 0. The summed E-state index contributed by atoms with van der Waals surface area (Å²) in [5.74, 6) is -24.8. The van der Waals surface area contributed by atoms with Gasteiger partial charge >= 0.3 is 0 Å². The number of ketones is 1. The van der Waals surface area contributed by atoms with Gasteiger partial charge in [0.15, 0.2) is 46.5 Å². The highest BCUT2D eigenvalue weighted by atomic mass is 19.2. The Morgan fingerprint density at radius 2 is 1.00 bits per heavy atom. The molecule has 0 aromatic heterocycles. The Morgan fingerprint density at radius 3 is 1.45 bits per heavy atom. The Bertz CT molecular complexity index is 1250. The fourth-order valence-corrected chi connectivity index (χ4v) is 2.88. The molecule has 0 bridgehead atoms. The molecule has 0 heterocycles. The Labute approximate surface area is 180 Å². The summed E-state index contributed by atoms with van der Waals surface area (Å²) in [6.45, 7) is 0. The zero-order valence-corrected chi connectivity index (χ0v) is 16.6. The number of rotatable bonds is 5. The summed E-state index contributed by atoms with van der Waals surface area (Å²) in [6, 6.07) is 5.39. The lowest BCUT2D eigenvalue weighted by Gasteiger charge is -2.17. The minimum absolute atomic E-state index is 0.114. The van der Waals surface area contributed by atoms with Gasteiger partial charge in [-0.2, -0.15) is 0 Å². The SMILES string of the molecule is CN(C)c1ccc(Nc2c(F)c(F)c(F)c(F)c2C(=O)c2c(F)c(F)c(F)c(F)c2F)cc1. The molecule has 33 heavy (non-hydrogen) atoms. The number of carbonyl (C=O) groups is 1. The van der Waals surface area contributed by atoms with Crippen molar-refractivity contribution in [3.63, 3.8) is 0 Å². The Balaban J connectivity index is 2.26. The highest BCUT2D eigenvalue weighted by Gasteiger charge is 2.36. The lowest BCUT2D eigenvalue weighted by atomic mass is 9.98. The van der Waals surface area contributed by atoms with Gasteiger partial charge in [0.05, 0.1) is 11.3 Å². The number of hydrogen-bond acceptors (Lipinski definition) is 3. The van der Waals surface area contributed by atoms with Crippen LogP contribution in [0.5, 0.6) is 0 Å². The Hall–Kier alpha value is -3.70. The summed E-state index contributed by atoms with van der Waals surface area (Å²) < 4.78 is 125. The molecule has 3 rings (SSSR count). The zero-order valence-electron chi connectivity index (χ0n) is 16.6. The van der Waals surface area contributed by atoms with Crippen LogP contribution in [-0.2, 0) is 0 Å². The number of nitrogens with zero attached hydrogens (tertiary/aromatic N) is 1. The number of nitrogens with one attached hydrogen (secondary N) is 1. The number of halogens is 9. The van der Waals surface area contributed by atoms with Crippen LogP contribution in [0.4, 0.5) is 56.6 Å². The molecule has 0 aliphatic rings. The van der Waals surface area contributed by atoms with E-state index in [-0.39, 0.29) is 5.69 Å². The van der Waals surface area contributed by atoms with Crippen molar-refractivity contribution in [3.05, 3.63) is 87.7 Å². The Kier molecular flexibility index (Phi) is 6.30. The van der Waals surface area contributed by atoms with Crippen molar-refractivity contribution in [2.75, 3.05) is 24.3 Å². The average Bonchev–Trinajstić information content (AvgIpc) is 2.79. The summed E-state index contributed by atoms with van der Waals surface area (Å²) in [7, 11) is 3.35. The molecule has 0 atom stereocenters. The summed E-state index contributed by atoms with van der Waals surface area (Å²) in [5.41, 5.74) is -4.91. The van der Waals surface area contributed by atoms with Gasteiger partial charge in [0, 0.05) is 25.5 Å². The standard InChI is InChI=1S/C21H11F9N2O/c1-32(2)8-5-3-7(4-6-8)31-20-10(13(24)16(27)18(29)19(20)30)21(33)9-11(22)14(25)17(28)15(26)12(9)23/h3-6,31H,1-2H3. The molecule has 1 N–H and O–H groups in total. The van der Waals surface area contributed by atoms with Gasteiger partial charge in [0.25, 0.3) is 0 Å². The van der Waals surface area contributed by atoms with Crippen LogP contribution in [0.25, 0.3) is 0 Å². The second-order valence-electron chi connectivity index (χ2n) is 6.85. The van der Waals surface area contributed by atoms with Crippen LogP contribution in [-0.4, -0.2) is 19.9 Å². The third kappa shape index (κ3) is 3.96. The molecule has 0 unspecified atom stereocenters. The molecular formula is C21H11F9N2O. The second kappa shape index (κ2) is 8.68. The number of carbonyl (C=O) groups excluding carboxylic acids is 1. The van der Waals surface area contributed by atoms with Crippen LogP contribution in [0.2, 0.25) is 0 Å². The maximum absolute atomic E-state index is 14.5. The van der Waals surface area contributed by atoms with E-state index in [9.17, 15) is 44.3 Å². The van der Waals surface area contributed by atoms with E-state index in [2.05, 4.69) is 5.32 Å². The van der Waals surface area contributed by atoms with E-state index in [1.807, 2.05) is 0 Å². The number of benzene rings is 3. The predicted molar refractivity (Wildman–Crippen MR) is 100.0 cm³/mol. The molecule has 3 aromatic rings. The smallest absolute Gasteiger partial charge is 0.204 e. The molecule has 0 aliphatic heterocycles. The molecule has 12 heteroatoms. The first-order chi connectivity index (χ1) is 15.4. The maximum Gasteiger partial charge on any atom is 0.204 e. The van der Waals surface area contributed by atoms with Gasteiger partial charge in [-0.1, -0.05) is 0 Å². The molecule has 0 radical (unpaired) electrons. The van der Waals surface area contributed by atoms with Crippen molar-refractivity contribution >= 4 is 22.8 Å². The number of anilines is 3. The zero-order chi connectivity index (χ0) is 24.8. The molecule has 0 amide bonds. The van der Waals surface area contributed by atoms with Gasteiger partial charge in [0.2, 0.25) is 11.6 Å². The third-order valence-electron chi connectivity index (χ3n) is 4.58. The molecule has 3 aromatic carbocycles. The Morgan fingerprint density at radius 1 is 0.606 bits per heavy atom. The minimum Gasteiger partial charge on any atom is -0.378 e. The molecule has 0 aliphatic carbocycles. The number of hydrogen-bond donors (Lipinski definition) is 1. The van der Waals surface area contributed by atoms with Crippen LogP contribution in [0.15, 0.2) is 24.3 Å². The van der Waals surface area contributed by atoms with Crippen molar-refractivity contribution in [1.82, 2.24) is 0 Å². The topological polar surface area (TPSA) is 32.3 Å². The van der Waals surface area contributed by atoms with Crippen molar-refractivity contribution in [1.29, 1.82) is 0 Å². The molecule has 3 nitrogen and oxygen atoms in total. The molecule has 0 fully saturated rings. The largest absolute Gasteiger partial charge is 0.378 e. The van der Waals surface area contributed by atoms with Crippen molar-refractivity contribution in [2.24, 2.45) is 0 Å². The highest BCUT2D eigenvalue weighted by molar-refractivity contribution is 6.13. The van der Waals surface area contributed by atoms with Gasteiger partial charge in [-0.3, -0.25) is 4.79 Å². The maximum atomic E-state index is 14.5. The molecule has 0 spiro atoms. The molecule has 0 saturated heterocycles. The van der Waals surface area contributed by atoms with Crippen LogP contribution < -0.4 is 10.2 Å². The first kappa shape index (κ1) is 24.0. The monoisotopic (exact) mass is 478 g/mol. The van der Waals surface area contributed by atoms with E-state index in [0.29, 0.717) is 5.69 Å².